The molecule has 2 N–H and O–H groups in total. The second kappa shape index (κ2) is 9.98. The van der Waals surface area contributed by atoms with Gasteiger partial charge in [0.1, 0.15) is 5.82 Å². The topological polar surface area (TPSA) is 69.2 Å². The number of H-pyrrole nitrogens is 1. The minimum absolute atomic E-state index is 0.244. The zero-order valence-electron chi connectivity index (χ0n) is 16.6. The largest absolute Gasteiger partial charge is 0.478 e. The van der Waals surface area contributed by atoms with Crippen LogP contribution in [0, 0.1) is 5.82 Å². The summed E-state index contributed by atoms with van der Waals surface area (Å²) in [5.41, 5.74) is 4.28. The van der Waals surface area contributed by atoms with Gasteiger partial charge < -0.3 is 10.0 Å². The van der Waals surface area contributed by atoms with Crippen LogP contribution in [0.1, 0.15) is 40.9 Å². The Balaban J connectivity index is 1.35. The van der Waals surface area contributed by atoms with Crippen LogP contribution in [0.5, 0.6) is 0 Å². The summed E-state index contributed by atoms with van der Waals surface area (Å²) in [4.78, 5) is 13.1. The van der Waals surface area contributed by atoms with Gasteiger partial charge in [0, 0.05) is 17.8 Å². The Morgan fingerprint density at radius 2 is 1.79 bits per heavy atom. The number of nitrogens with zero attached hydrogens (tertiary/aromatic N) is 2. The van der Waals surface area contributed by atoms with E-state index in [4.69, 9.17) is 5.11 Å². The normalized spacial score (nSPS) is 11.1. The molecule has 1 aromatic heterocycles. The lowest BCUT2D eigenvalue weighted by atomic mass is 10.1. The number of benzene rings is 2. The lowest BCUT2D eigenvalue weighted by Gasteiger charge is -2.16. The standard InChI is InChI=1S/C23H26FN3O2/c1-27(16-17-6-8-19(9-7-17)23(28)29)14-4-2-3-5-21-15-22(26-25-21)18-10-12-20(24)13-11-18/h6-13,15H,2-5,14,16H2,1H3,(H,25,26)(H,28,29). The van der Waals surface area contributed by atoms with Crippen LogP contribution in [0.3, 0.4) is 0 Å². The summed E-state index contributed by atoms with van der Waals surface area (Å²) in [6.45, 7) is 1.80. The monoisotopic (exact) mass is 395 g/mol. The molecule has 1 heterocycles. The predicted molar refractivity (Wildman–Crippen MR) is 111 cm³/mol. The third-order valence-corrected chi connectivity index (χ3v) is 4.91. The van der Waals surface area contributed by atoms with Crippen LogP contribution in [-0.2, 0) is 13.0 Å². The second-order valence-electron chi connectivity index (χ2n) is 7.34. The molecule has 0 fully saturated rings. The smallest absolute Gasteiger partial charge is 0.335 e. The zero-order chi connectivity index (χ0) is 20.6. The summed E-state index contributed by atoms with van der Waals surface area (Å²) >= 11 is 0. The second-order valence-corrected chi connectivity index (χ2v) is 7.34. The highest BCUT2D eigenvalue weighted by molar-refractivity contribution is 5.87. The molecule has 6 heteroatoms. The fourth-order valence-electron chi connectivity index (χ4n) is 3.28. The van der Waals surface area contributed by atoms with Crippen LogP contribution in [0.4, 0.5) is 4.39 Å². The molecule has 3 rings (SSSR count). The average Bonchev–Trinajstić information content (AvgIpc) is 3.17. The van der Waals surface area contributed by atoms with E-state index in [0.29, 0.717) is 5.56 Å². The van der Waals surface area contributed by atoms with E-state index < -0.39 is 5.97 Å². The number of carboxylic acids is 1. The van der Waals surface area contributed by atoms with Gasteiger partial charge in [0.15, 0.2) is 0 Å². The van der Waals surface area contributed by atoms with Gasteiger partial charge in [-0.2, -0.15) is 5.10 Å². The molecule has 0 saturated carbocycles. The molecule has 0 aliphatic carbocycles. The number of nitrogens with one attached hydrogen (secondary N) is 1. The summed E-state index contributed by atoms with van der Waals surface area (Å²) in [5.74, 6) is -1.14. The van der Waals surface area contributed by atoms with Crippen LogP contribution >= 0.6 is 0 Å². The van der Waals surface area contributed by atoms with Crippen LogP contribution in [0.25, 0.3) is 11.3 Å². The van der Waals surface area contributed by atoms with E-state index in [-0.39, 0.29) is 5.82 Å². The number of carbonyl (C=O) groups is 1. The van der Waals surface area contributed by atoms with Crippen LogP contribution in [0.15, 0.2) is 54.6 Å². The predicted octanol–water partition coefficient (Wildman–Crippen LogP) is 4.76. The van der Waals surface area contributed by atoms with Crippen molar-refractivity contribution in [1.82, 2.24) is 15.1 Å². The third kappa shape index (κ3) is 6.26. The highest BCUT2D eigenvalue weighted by Crippen LogP contribution is 2.19. The van der Waals surface area contributed by atoms with Crippen LogP contribution in [0.2, 0.25) is 0 Å². The molecule has 0 radical (unpaired) electrons. The van der Waals surface area contributed by atoms with Gasteiger partial charge >= 0.3 is 5.97 Å². The number of hydrogen-bond acceptors (Lipinski definition) is 3. The Morgan fingerprint density at radius 3 is 2.48 bits per heavy atom. The molecule has 0 saturated heterocycles. The van der Waals surface area contributed by atoms with E-state index >= 15 is 0 Å². The zero-order valence-corrected chi connectivity index (χ0v) is 16.6. The van der Waals surface area contributed by atoms with E-state index in [1.165, 1.54) is 12.1 Å². The third-order valence-electron chi connectivity index (χ3n) is 4.91. The molecule has 5 nitrogen and oxygen atoms in total. The highest BCUT2D eigenvalue weighted by Gasteiger charge is 2.06. The van der Waals surface area contributed by atoms with Crippen molar-refractivity contribution in [3.05, 3.63) is 77.2 Å². The first-order valence-corrected chi connectivity index (χ1v) is 9.82. The minimum Gasteiger partial charge on any atom is -0.478 e. The average molecular weight is 395 g/mol. The highest BCUT2D eigenvalue weighted by atomic mass is 19.1. The maximum Gasteiger partial charge on any atom is 0.335 e. The first-order chi connectivity index (χ1) is 14.0. The molecule has 0 unspecified atom stereocenters. The van der Waals surface area contributed by atoms with Crippen molar-refractivity contribution in [1.29, 1.82) is 0 Å². The first-order valence-electron chi connectivity index (χ1n) is 9.82. The summed E-state index contributed by atoms with van der Waals surface area (Å²) in [5, 5.41) is 16.3. The van der Waals surface area contributed by atoms with E-state index in [1.54, 1.807) is 24.3 Å². The van der Waals surface area contributed by atoms with Crippen molar-refractivity contribution in [2.75, 3.05) is 13.6 Å². The molecule has 152 valence electrons. The van der Waals surface area contributed by atoms with Gasteiger partial charge in [-0.1, -0.05) is 18.6 Å². The number of aryl methyl sites for hydroxylation is 1. The van der Waals surface area contributed by atoms with Gasteiger partial charge in [0.05, 0.1) is 11.3 Å². The van der Waals surface area contributed by atoms with E-state index in [1.807, 2.05) is 18.2 Å². The summed E-state index contributed by atoms with van der Waals surface area (Å²) in [6, 6.07) is 15.4. The van der Waals surface area contributed by atoms with Crippen molar-refractivity contribution in [2.45, 2.75) is 32.2 Å². The molecular formula is C23H26FN3O2. The SMILES string of the molecule is CN(CCCCCc1cc(-c2ccc(F)cc2)n[nH]1)Cc1ccc(C(=O)O)cc1. The summed E-state index contributed by atoms with van der Waals surface area (Å²) < 4.78 is 13.0. The number of aromatic carboxylic acids is 1. The number of rotatable bonds is 10. The lowest BCUT2D eigenvalue weighted by molar-refractivity contribution is 0.0697. The summed E-state index contributed by atoms with van der Waals surface area (Å²) in [7, 11) is 2.08. The van der Waals surface area contributed by atoms with Crippen molar-refractivity contribution < 1.29 is 14.3 Å². The number of hydrogen-bond donors (Lipinski definition) is 2. The Morgan fingerprint density at radius 1 is 1.07 bits per heavy atom. The molecule has 0 spiro atoms. The lowest BCUT2D eigenvalue weighted by Crippen LogP contribution is -2.19. The number of aromatic amines is 1. The molecule has 2 aromatic carbocycles. The van der Waals surface area contributed by atoms with Crippen molar-refractivity contribution in [3.63, 3.8) is 0 Å². The van der Waals surface area contributed by atoms with Gasteiger partial charge in [-0.25, -0.2) is 9.18 Å². The number of aromatic nitrogens is 2. The molecular weight excluding hydrogens is 369 g/mol. The Hall–Kier alpha value is -2.99. The fourth-order valence-corrected chi connectivity index (χ4v) is 3.28. The molecule has 0 amide bonds. The van der Waals surface area contributed by atoms with E-state index in [2.05, 4.69) is 22.1 Å². The van der Waals surface area contributed by atoms with Crippen molar-refractivity contribution in [2.24, 2.45) is 0 Å². The summed E-state index contributed by atoms with van der Waals surface area (Å²) in [6.07, 6.45) is 4.23. The van der Waals surface area contributed by atoms with E-state index in [9.17, 15) is 9.18 Å². The molecule has 0 atom stereocenters. The molecule has 0 bridgehead atoms. The number of carboxylic acid groups (broad SMARTS) is 1. The fraction of sp³-hybridized carbons (Fsp3) is 0.304. The van der Waals surface area contributed by atoms with Gasteiger partial charge in [0.2, 0.25) is 0 Å². The quantitative estimate of drug-likeness (QED) is 0.486. The van der Waals surface area contributed by atoms with Crippen molar-refractivity contribution >= 4 is 5.97 Å². The Kier molecular flexibility index (Phi) is 7.14. The van der Waals surface area contributed by atoms with Gasteiger partial charge in [-0.3, -0.25) is 5.10 Å². The maximum atomic E-state index is 13.0. The molecule has 3 aromatic rings. The van der Waals surface area contributed by atoms with Crippen LogP contribution < -0.4 is 0 Å². The molecule has 29 heavy (non-hydrogen) atoms. The Labute approximate surface area is 170 Å². The van der Waals surface area contributed by atoms with Crippen LogP contribution in [-0.4, -0.2) is 39.8 Å². The Bertz CT molecular complexity index is 920. The molecule has 0 aliphatic heterocycles. The molecule has 0 aliphatic rings. The number of halogens is 1. The minimum atomic E-state index is -0.896. The number of unbranched alkanes of at least 4 members (excludes halogenated alkanes) is 2. The first kappa shape index (κ1) is 20.7. The maximum absolute atomic E-state index is 13.0. The van der Waals surface area contributed by atoms with Crippen molar-refractivity contribution in [3.8, 4) is 11.3 Å². The van der Waals surface area contributed by atoms with Gasteiger partial charge in [-0.15, -0.1) is 0 Å². The van der Waals surface area contributed by atoms with E-state index in [0.717, 1.165) is 61.3 Å². The van der Waals surface area contributed by atoms with Gasteiger partial charge in [-0.05, 0) is 80.9 Å². The van der Waals surface area contributed by atoms with Gasteiger partial charge in [0.25, 0.3) is 0 Å².